The predicted octanol–water partition coefficient (Wildman–Crippen LogP) is 3.98. The molecule has 0 N–H and O–H groups in total. The summed E-state index contributed by atoms with van der Waals surface area (Å²) >= 11 is 0. The number of ketones is 1. The summed E-state index contributed by atoms with van der Waals surface area (Å²) in [4.78, 5) is 14.6. The number of ether oxygens (including phenoxy) is 3. The summed E-state index contributed by atoms with van der Waals surface area (Å²) in [7, 11) is 8.58. The number of hydrogen-bond donors (Lipinski definition) is 0. The Bertz CT molecular complexity index is 800. The lowest BCUT2D eigenvalue weighted by molar-refractivity contribution is 0.104. The molecule has 0 aliphatic heterocycles. The van der Waals surface area contributed by atoms with Crippen LogP contribution in [0.2, 0.25) is 0 Å². The zero-order chi connectivity index (χ0) is 19.3. The van der Waals surface area contributed by atoms with E-state index in [9.17, 15) is 4.79 Å². The van der Waals surface area contributed by atoms with Crippen molar-refractivity contribution in [3.05, 3.63) is 53.1 Å². The van der Waals surface area contributed by atoms with E-state index in [4.69, 9.17) is 14.2 Å². The Hall–Kier alpha value is -2.95. The second-order valence-electron chi connectivity index (χ2n) is 6.05. The van der Waals surface area contributed by atoms with E-state index in [1.54, 1.807) is 18.2 Å². The highest BCUT2D eigenvalue weighted by Gasteiger charge is 2.15. The highest BCUT2D eigenvalue weighted by atomic mass is 16.5. The van der Waals surface area contributed by atoms with Crippen molar-refractivity contribution >= 4 is 17.5 Å². The van der Waals surface area contributed by atoms with Gasteiger partial charge >= 0.3 is 0 Å². The Morgan fingerprint density at radius 3 is 2.04 bits per heavy atom. The van der Waals surface area contributed by atoms with Crippen LogP contribution in [0.15, 0.2) is 36.4 Å². The quantitative estimate of drug-likeness (QED) is 0.555. The standard InChI is InChI=1S/C21H25NO4/c1-14-11-17(22(2)3)9-7-15(14)8-10-18(23)16-12-19(24-4)21(26-6)20(13-16)25-5/h7-13H,1-6H3/b10-8+. The van der Waals surface area contributed by atoms with Crippen LogP contribution in [0.1, 0.15) is 21.5 Å². The van der Waals surface area contributed by atoms with Gasteiger partial charge in [0.25, 0.3) is 0 Å². The van der Waals surface area contributed by atoms with Gasteiger partial charge in [0.15, 0.2) is 17.3 Å². The molecule has 2 aromatic rings. The lowest BCUT2D eigenvalue weighted by atomic mass is 10.0. The molecule has 0 amide bonds. The first kappa shape index (κ1) is 19.4. The van der Waals surface area contributed by atoms with Gasteiger partial charge in [-0.25, -0.2) is 0 Å². The molecule has 0 saturated heterocycles. The van der Waals surface area contributed by atoms with E-state index >= 15 is 0 Å². The Morgan fingerprint density at radius 1 is 0.962 bits per heavy atom. The van der Waals surface area contributed by atoms with Crippen molar-refractivity contribution < 1.29 is 19.0 Å². The maximum Gasteiger partial charge on any atom is 0.203 e. The van der Waals surface area contributed by atoms with Gasteiger partial charge in [0, 0.05) is 25.3 Å². The third-order valence-corrected chi connectivity index (χ3v) is 4.13. The molecule has 0 bridgehead atoms. The number of aryl methyl sites for hydroxylation is 1. The van der Waals surface area contributed by atoms with Crippen LogP contribution >= 0.6 is 0 Å². The average Bonchev–Trinajstić information content (AvgIpc) is 2.65. The molecule has 5 heteroatoms. The lowest BCUT2D eigenvalue weighted by Gasteiger charge is -2.14. The highest BCUT2D eigenvalue weighted by Crippen LogP contribution is 2.38. The number of methoxy groups -OCH3 is 3. The van der Waals surface area contributed by atoms with Gasteiger partial charge in [-0.3, -0.25) is 4.79 Å². The summed E-state index contributed by atoms with van der Waals surface area (Å²) in [5.74, 6) is 1.23. The average molecular weight is 355 g/mol. The van der Waals surface area contributed by atoms with Crippen LogP contribution in [0, 0.1) is 6.92 Å². The second-order valence-corrected chi connectivity index (χ2v) is 6.05. The van der Waals surface area contributed by atoms with Crippen LogP contribution in [-0.4, -0.2) is 41.2 Å². The lowest BCUT2D eigenvalue weighted by Crippen LogP contribution is -2.08. The van der Waals surface area contributed by atoms with Crippen LogP contribution < -0.4 is 19.1 Å². The summed E-state index contributed by atoms with van der Waals surface area (Å²) in [6.07, 6.45) is 3.37. The Balaban J connectivity index is 2.31. The molecular formula is C21H25NO4. The van der Waals surface area contributed by atoms with Crippen molar-refractivity contribution in [1.82, 2.24) is 0 Å². The van der Waals surface area contributed by atoms with E-state index in [1.165, 1.54) is 21.3 Å². The molecule has 0 heterocycles. The van der Waals surface area contributed by atoms with Crippen LogP contribution in [0.4, 0.5) is 5.69 Å². The number of carbonyl (C=O) groups excluding carboxylic acids is 1. The maximum atomic E-state index is 12.6. The summed E-state index contributed by atoms with van der Waals surface area (Å²) in [5.41, 5.74) is 3.69. The largest absolute Gasteiger partial charge is 0.493 e. The summed E-state index contributed by atoms with van der Waals surface area (Å²) < 4.78 is 15.9. The molecule has 0 spiro atoms. The van der Waals surface area contributed by atoms with Crippen molar-refractivity contribution in [2.45, 2.75) is 6.92 Å². The van der Waals surface area contributed by atoms with Crippen molar-refractivity contribution in [3.8, 4) is 17.2 Å². The number of hydrogen-bond acceptors (Lipinski definition) is 5. The molecule has 26 heavy (non-hydrogen) atoms. The molecule has 0 atom stereocenters. The molecular weight excluding hydrogens is 330 g/mol. The van der Waals surface area contributed by atoms with E-state index in [0.717, 1.165) is 16.8 Å². The van der Waals surface area contributed by atoms with Crippen LogP contribution in [0.25, 0.3) is 6.08 Å². The summed E-state index contributed by atoms with van der Waals surface area (Å²) in [6.45, 7) is 2.02. The molecule has 2 aromatic carbocycles. The van der Waals surface area contributed by atoms with Gasteiger partial charge in [-0.05, 0) is 48.4 Å². The third-order valence-electron chi connectivity index (χ3n) is 4.13. The zero-order valence-electron chi connectivity index (χ0n) is 16.1. The molecule has 0 aromatic heterocycles. The van der Waals surface area contributed by atoms with Gasteiger partial charge in [-0.2, -0.15) is 0 Å². The molecule has 0 fully saturated rings. The molecule has 0 radical (unpaired) electrons. The first-order chi connectivity index (χ1) is 12.4. The van der Waals surface area contributed by atoms with Crippen LogP contribution in [-0.2, 0) is 0 Å². The maximum absolute atomic E-state index is 12.6. The Morgan fingerprint density at radius 2 is 1.58 bits per heavy atom. The fraction of sp³-hybridized carbons (Fsp3) is 0.286. The molecule has 0 saturated carbocycles. The van der Waals surface area contributed by atoms with E-state index in [-0.39, 0.29) is 5.78 Å². The number of rotatable bonds is 7. The minimum atomic E-state index is -0.139. The minimum absolute atomic E-state index is 0.139. The number of anilines is 1. The molecule has 0 aliphatic carbocycles. The molecule has 5 nitrogen and oxygen atoms in total. The summed E-state index contributed by atoms with van der Waals surface area (Å²) in [5, 5.41) is 0. The van der Waals surface area contributed by atoms with Gasteiger partial charge in [0.05, 0.1) is 21.3 Å². The first-order valence-electron chi connectivity index (χ1n) is 8.21. The van der Waals surface area contributed by atoms with Crippen molar-refractivity contribution in [1.29, 1.82) is 0 Å². The van der Waals surface area contributed by atoms with Crippen LogP contribution in [0.5, 0.6) is 17.2 Å². The second kappa shape index (κ2) is 8.43. The molecule has 0 aliphatic rings. The summed E-state index contributed by atoms with van der Waals surface area (Å²) in [6, 6.07) is 9.41. The third kappa shape index (κ3) is 4.17. The number of benzene rings is 2. The molecule has 138 valence electrons. The minimum Gasteiger partial charge on any atom is -0.493 e. The normalized spacial score (nSPS) is 10.7. The fourth-order valence-corrected chi connectivity index (χ4v) is 2.61. The zero-order valence-corrected chi connectivity index (χ0v) is 16.1. The SMILES string of the molecule is COc1cc(C(=O)/C=C/c2ccc(N(C)C)cc2C)cc(OC)c1OC. The number of nitrogens with zero attached hydrogens (tertiary/aromatic N) is 1. The Kier molecular flexibility index (Phi) is 6.28. The van der Waals surface area contributed by atoms with Gasteiger partial charge in [-0.15, -0.1) is 0 Å². The van der Waals surface area contributed by atoms with E-state index in [2.05, 4.69) is 6.07 Å². The van der Waals surface area contributed by atoms with E-state index in [0.29, 0.717) is 22.8 Å². The van der Waals surface area contributed by atoms with Gasteiger partial charge in [0.1, 0.15) is 0 Å². The van der Waals surface area contributed by atoms with Crippen molar-refractivity contribution in [2.75, 3.05) is 40.3 Å². The molecule has 0 unspecified atom stereocenters. The van der Waals surface area contributed by atoms with Crippen LogP contribution in [0.3, 0.4) is 0 Å². The number of carbonyl (C=O) groups is 1. The smallest absolute Gasteiger partial charge is 0.203 e. The Labute approximate surface area is 154 Å². The van der Waals surface area contributed by atoms with Gasteiger partial charge < -0.3 is 19.1 Å². The highest BCUT2D eigenvalue weighted by molar-refractivity contribution is 6.07. The van der Waals surface area contributed by atoms with Gasteiger partial charge in [-0.1, -0.05) is 12.1 Å². The van der Waals surface area contributed by atoms with E-state index in [1.807, 2.05) is 44.1 Å². The topological polar surface area (TPSA) is 48.0 Å². The van der Waals surface area contributed by atoms with Crippen molar-refractivity contribution in [3.63, 3.8) is 0 Å². The monoisotopic (exact) mass is 355 g/mol. The predicted molar refractivity (Wildman–Crippen MR) is 105 cm³/mol. The number of allylic oxidation sites excluding steroid dienone is 1. The van der Waals surface area contributed by atoms with Gasteiger partial charge in [0.2, 0.25) is 5.75 Å². The molecule has 2 rings (SSSR count). The van der Waals surface area contributed by atoms with E-state index < -0.39 is 0 Å². The fourth-order valence-electron chi connectivity index (χ4n) is 2.61. The first-order valence-corrected chi connectivity index (χ1v) is 8.21. The van der Waals surface area contributed by atoms with Crippen molar-refractivity contribution in [2.24, 2.45) is 0 Å².